The predicted octanol–water partition coefficient (Wildman–Crippen LogP) is 2.37. The summed E-state index contributed by atoms with van der Waals surface area (Å²) in [6, 6.07) is 9.99. The molecule has 2 N–H and O–H groups in total. The third kappa shape index (κ3) is 4.46. The van der Waals surface area contributed by atoms with Gasteiger partial charge in [0.2, 0.25) is 0 Å². The van der Waals surface area contributed by atoms with Crippen LogP contribution in [0.2, 0.25) is 0 Å². The molecule has 2 unspecified atom stereocenters. The summed E-state index contributed by atoms with van der Waals surface area (Å²) in [5.41, 5.74) is 7.37. The van der Waals surface area contributed by atoms with Gasteiger partial charge < -0.3 is 15.2 Å². The number of rotatable bonds is 7. The molecule has 0 heterocycles. The second-order valence-corrected chi connectivity index (χ2v) is 4.51. The van der Waals surface area contributed by atoms with Crippen LogP contribution in [0.25, 0.3) is 0 Å². The van der Waals surface area contributed by atoms with E-state index in [1.54, 1.807) is 7.11 Å². The average Bonchev–Trinajstić information content (AvgIpc) is 2.34. The second-order valence-electron chi connectivity index (χ2n) is 4.51. The van der Waals surface area contributed by atoms with E-state index in [4.69, 9.17) is 15.2 Å². The molecule has 0 spiro atoms. The predicted molar refractivity (Wildman–Crippen MR) is 69.8 cm³/mol. The van der Waals surface area contributed by atoms with Crippen LogP contribution in [-0.4, -0.2) is 26.4 Å². The minimum Gasteiger partial charge on any atom is -0.382 e. The Morgan fingerprint density at radius 2 is 1.76 bits per heavy atom. The van der Waals surface area contributed by atoms with E-state index in [2.05, 4.69) is 13.8 Å². The summed E-state index contributed by atoms with van der Waals surface area (Å²) in [5.74, 6) is 0.377. The number of methoxy groups -OCH3 is 1. The maximum absolute atomic E-state index is 6.26. The van der Waals surface area contributed by atoms with Crippen molar-refractivity contribution >= 4 is 0 Å². The minimum atomic E-state index is -0.0898. The Morgan fingerprint density at radius 3 is 2.29 bits per heavy atom. The highest BCUT2D eigenvalue weighted by Crippen LogP contribution is 2.22. The van der Waals surface area contributed by atoms with E-state index in [0.717, 1.165) is 5.56 Å². The third-order valence-electron chi connectivity index (χ3n) is 2.79. The first-order chi connectivity index (χ1) is 8.16. The van der Waals surface area contributed by atoms with Crippen molar-refractivity contribution in [1.29, 1.82) is 0 Å². The summed E-state index contributed by atoms with van der Waals surface area (Å²) >= 11 is 0. The molecule has 1 aromatic carbocycles. The van der Waals surface area contributed by atoms with Crippen LogP contribution in [-0.2, 0) is 9.47 Å². The van der Waals surface area contributed by atoms with Gasteiger partial charge in [0, 0.05) is 7.11 Å². The quantitative estimate of drug-likeness (QED) is 0.740. The highest BCUT2D eigenvalue weighted by molar-refractivity contribution is 5.19. The van der Waals surface area contributed by atoms with Crippen LogP contribution in [0.4, 0.5) is 0 Å². The molecular formula is C14H23NO2. The molecule has 1 rings (SSSR count). The second kappa shape index (κ2) is 7.43. The summed E-state index contributed by atoms with van der Waals surface area (Å²) in [6.45, 7) is 5.44. The Hall–Kier alpha value is -0.900. The van der Waals surface area contributed by atoms with E-state index in [9.17, 15) is 0 Å². The molecule has 0 aliphatic rings. The average molecular weight is 237 g/mol. The van der Waals surface area contributed by atoms with Crippen LogP contribution in [0.15, 0.2) is 30.3 Å². The summed E-state index contributed by atoms with van der Waals surface area (Å²) < 4.78 is 10.8. The Labute approximate surface area is 104 Å². The number of hydrogen-bond acceptors (Lipinski definition) is 3. The van der Waals surface area contributed by atoms with Crippen molar-refractivity contribution in [2.24, 2.45) is 11.7 Å². The molecule has 0 aromatic heterocycles. The van der Waals surface area contributed by atoms with Crippen molar-refractivity contribution in [2.75, 3.05) is 20.3 Å². The van der Waals surface area contributed by atoms with Crippen molar-refractivity contribution in [3.8, 4) is 0 Å². The van der Waals surface area contributed by atoms with Gasteiger partial charge in [-0.2, -0.15) is 0 Å². The van der Waals surface area contributed by atoms with Crippen molar-refractivity contribution in [2.45, 2.75) is 26.0 Å². The molecule has 0 bridgehead atoms. The molecule has 17 heavy (non-hydrogen) atoms. The molecule has 0 radical (unpaired) electrons. The molecule has 0 aliphatic heterocycles. The van der Waals surface area contributed by atoms with Crippen LogP contribution < -0.4 is 5.73 Å². The van der Waals surface area contributed by atoms with Gasteiger partial charge in [-0.25, -0.2) is 0 Å². The SMILES string of the molecule is COCCOC(C(C)C)C(N)c1ccccc1. The molecule has 3 nitrogen and oxygen atoms in total. The van der Waals surface area contributed by atoms with Gasteiger partial charge in [-0.3, -0.25) is 0 Å². The van der Waals surface area contributed by atoms with Crippen LogP contribution in [0, 0.1) is 5.92 Å². The lowest BCUT2D eigenvalue weighted by molar-refractivity contribution is -0.0191. The van der Waals surface area contributed by atoms with E-state index in [-0.39, 0.29) is 12.1 Å². The Kier molecular flexibility index (Phi) is 6.19. The molecule has 0 amide bonds. The van der Waals surface area contributed by atoms with E-state index in [1.807, 2.05) is 30.3 Å². The maximum atomic E-state index is 6.26. The Bertz CT molecular complexity index is 300. The fourth-order valence-corrected chi connectivity index (χ4v) is 1.84. The van der Waals surface area contributed by atoms with Crippen molar-refractivity contribution < 1.29 is 9.47 Å². The van der Waals surface area contributed by atoms with Crippen LogP contribution in [0.3, 0.4) is 0 Å². The first kappa shape index (κ1) is 14.2. The zero-order valence-electron chi connectivity index (χ0n) is 10.9. The lowest BCUT2D eigenvalue weighted by Crippen LogP contribution is -2.34. The van der Waals surface area contributed by atoms with Gasteiger partial charge in [-0.1, -0.05) is 44.2 Å². The lowest BCUT2D eigenvalue weighted by Gasteiger charge is -2.27. The summed E-state index contributed by atoms with van der Waals surface area (Å²) in [4.78, 5) is 0. The smallest absolute Gasteiger partial charge is 0.0791 e. The largest absolute Gasteiger partial charge is 0.382 e. The van der Waals surface area contributed by atoms with Crippen molar-refractivity contribution in [3.63, 3.8) is 0 Å². The fourth-order valence-electron chi connectivity index (χ4n) is 1.84. The molecule has 96 valence electrons. The minimum absolute atomic E-state index is 0.0209. The third-order valence-corrected chi connectivity index (χ3v) is 2.79. The van der Waals surface area contributed by atoms with E-state index in [1.165, 1.54) is 0 Å². The lowest BCUT2D eigenvalue weighted by atomic mass is 9.94. The molecule has 2 atom stereocenters. The van der Waals surface area contributed by atoms with E-state index in [0.29, 0.717) is 19.1 Å². The Balaban J connectivity index is 2.63. The van der Waals surface area contributed by atoms with E-state index < -0.39 is 0 Å². The van der Waals surface area contributed by atoms with Gasteiger partial charge in [-0.15, -0.1) is 0 Å². The maximum Gasteiger partial charge on any atom is 0.0791 e. The molecule has 3 heteroatoms. The first-order valence-electron chi connectivity index (χ1n) is 6.08. The van der Waals surface area contributed by atoms with Crippen molar-refractivity contribution in [1.82, 2.24) is 0 Å². The van der Waals surface area contributed by atoms with Gasteiger partial charge in [0.1, 0.15) is 0 Å². The topological polar surface area (TPSA) is 44.5 Å². The number of benzene rings is 1. The zero-order chi connectivity index (χ0) is 12.7. The number of ether oxygens (including phenoxy) is 2. The first-order valence-corrected chi connectivity index (χ1v) is 6.08. The standard InChI is InChI=1S/C14H23NO2/c1-11(2)14(17-10-9-16-3)13(15)12-7-5-4-6-8-12/h4-8,11,13-14H,9-10,15H2,1-3H3. The zero-order valence-corrected chi connectivity index (χ0v) is 10.9. The highest BCUT2D eigenvalue weighted by atomic mass is 16.5. The molecule has 0 aliphatic carbocycles. The van der Waals surface area contributed by atoms with Gasteiger partial charge in [0.15, 0.2) is 0 Å². The molecule has 0 fully saturated rings. The monoisotopic (exact) mass is 237 g/mol. The van der Waals surface area contributed by atoms with Crippen LogP contribution in [0.5, 0.6) is 0 Å². The van der Waals surface area contributed by atoms with Gasteiger partial charge in [-0.05, 0) is 11.5 Å². The van der Waals surface area contributed by atoms with Gasteiger partial charge in [0.25, 0.3) is 0 Å². The Morgan fingerprint density at radius 1 is 1.12 bits per heavy atom. The van der Waals surface area contributed by atoms with Gasteiger partial charge in [0.05, 0.1) is 25.4 Å². The fraction of sp³-hybridized carbons (Fsp3) is 0.571. The van der Waals surface area contributed by atoms with Crippen LogP contribution >= 0.6 is 0 Å². The van der Waals surface area contributed by atoms with E-state index >= 15 is 0 Å². The number of nitrogens with two attached hydrogens (primary N) is 1. The number of hydrogen-bond donors (Lipinski definition) is 1. The van der Waals surface area contributed by atoms with Gasteiger partial charge >= 0.3 is 0 Å². The molecule has 0 saturated heterocycles. The normalized spacial score (nSPS) is 14.9. The summed E-state index contributed by atoms with van der Waals surface area (Å²) in [5, 5.41) is 0. The highest BCUT2D eigenvalue weighted by Gasteiger charge is 2.23. The van der Waals surface area contributed by atoms with Crippen molar-refractivity contribution in [3.05, 3.63) is 35.9 Å². The molecular weight excluding hydrogens is 214 g/mol. The molecule has 0 saturated carbocycles. The molecule has 1 aromatic rings. The summed E-state index contributed by atoms with van der Waals surface area (Å²) in [6.07, 6.45) is 0.0209. The van der Waals surface area contributed by atoms with Crippen LogP contribution in [0.1, 0.15) is 25.5 Å². The summed E-state index contributed by atoms with van der Waals surface area (Å²) in [7, 11) is 1.67.